The normalized spacial score (nSPS) is 17.5. The number of hydrogen-bond acceptors (Lipinski definition) is 6. The number of anilines is 2. The third kappa shape index (κ3) is 6.53. The van der Waals surface area contributed by atoms with Crippen molar-refractivity contribution >= 4 is 23.5 Å². The highest BCUT2D eigenvalue weighted by atomic mass is 19.3. The highest BCUT2D eigenvalue weighted by Crippen LogP contribution is 2.31. The van der Waals surface area contributed by atoms with Crippen molar-refractivity contribution in [1.82, 2.24) is 20.2 Å². The summed E-state index contributed by atoms with van der Waals surface area (Å²) < 4.78 is 57.4. The number of carbonyl (C=O) groups is 2. The van der Waals surface area contributed by atoms with Crippen LogP contribution in [0.4, 0.5) is 29.2 Å². The quantitative estimate of drug-likeness (QED) is 0.603. The predicted octanol–water partition coefficient (Wildman–Crippen LogP) is 3.51. The number of alkyl halides is 4. The van der Waals surface area contributed by atoms with Gasteiger partial charge in [0.25, 0.3) is 11.8 Å². The molecule has 1 atom stereocenters. The second kappa shape index (κ2) is 10.0. The fourth-order valence-electron chi connectivity index (χ4n) is 3.44. The number of nitrogens with zero attached hydrogens (tertiary/aromatic N) is 3. The van der Waals surface area contributed by atoms with Crippen molar-refractivity contribution in [1.29, 1.82) is 0 Å². The van der Waals surface area contributed by atoms with E-state index in [4.69, 9.17) is 0 Å². The fraction of sp³-hybridized carbons (Fsp3) is 0.429. The van der Waals surface area contributed by atoms with E-state index in [0.717, 1.165) is 4.90 Å². The SMILES string of the molecule is CC(=O)NC[C@H]1CCC(F)(F)CN1C(=O)c1nc(Nc2cc(OC(F)F)ccn2)ccc1C. The number of ether oxygens (including phenoxy) is 1. The van der Waals surface area contributed by atoms with Crippen molar-refractivity contribution < 1.29 is 31.9 Å². The maximum absolute atomic E-state index is 14.1. The Balaban J connectivity index is 1.83. The molecule has 3 heterocycles. The van der Waals surface area contributed by atoms with Crippen molar-refractivity contribution in [2.24, 2.45) is 0 Å². The molecule has 2 aromatic rings. The van der Waals surface area contributed by atoms with E-state index in [1.54, 1.807) is 13.0 Å². The standard InChI is InChI=1S/C21H23F4N5O3/c1-12-3-4-16(28-17-9-15(6-8-26-17)33-20(22)23)29-18(12)19(32)30-11-21(24,25)7-5-14(30)10-27-13(2)31/h3-4,6,8-9,14,20H,5,7,10-11H2,1-2H3,(H,27,31)(H,26,28,29)/t14-/m1/s1. The van der Waals surface area contributed by atoms with Crippen LogP contribution < -0.4 is 15.4 Å². The summed E-state index contributed by atoms with van der Waals surface area (Å²) in [5.74, 6) is -3.91. The van der Waals surface area contributed by atoms with Crippen LogP contribution in [0.5, 0.6) is 5.75 Å². The average molecular weight is 469 g/mol. The smallest absolute Gasteiger partial charge is 0.387 e. The monoisotopic (exact) mass is 469 g/mol. The summed E-state index contributed by atoms with van der Waals surface area (Å²) >= 11 is 0. The van der Waals surface area contributed by atoms with Gasteiger partial charge in [0.15, 0.2) is 0 Å². The lowest BCUT2D eigenvalue weighted by atomic mass is 9.98. The number of pyridine rings is 2. The maximum Gasteiger partial charge on any atom is 0.387 e. The van der Waals surface area contributed by atoms with Crippen LogP contribution in [-0.2, 0) is 4.79 Å². The molecule has 2 N–H and O–H groups in total. The third-order valence-electron chi connectivity index (χ3n) is 5.05. The lowest BCUT2D eigenvalue weighted by molar-refractivity contribution is -0.119. The molecule has 3 rings (SSSR count). The van der Waals surface area contributed by atoms with Gasteiger partial charge in [-0.1, -0.05) is 6.07 Å². The van der Waals surface area contributed by atoms with Gasteiger partial charge in [-0.05, 0) is 31.0 Å². The van der Waals surface area contributed by atoms with Crippen molar-refractivity contribution in [3.63, 3.8) is 0 Å². The molecule has 0 saturated carbocycles. The summed E-state index contributed by atoms with van der Waals surface area (Å²) in [6.45, 7) is -0.822. The Morgan fingerprint density at radius 2 is 2.03 bits per heavy atom. The van der Waals surface area contributed by atoms with Gasteiger partial charge < -0.3 is 20.3 Å². The molecule has 0 aliphatic carbocycles. The molecule has 1 fully saturated rings. The molecule has 0 unspecified atom stereocenters. The van der Waals surface area contributed by atoms with E-state index < -0.39 is 37.4 Å². The van der Waals surface area contributed by atoms with Crippen LogP contribution in [0.1, 0.15) is 35.8 Å². The molecule has 2 aromatic heterocycles. The minimum atomic E-state index is -3.05. The van der Waals surface area contributed by atoms with Gasteiger partial charge in [-0.15, -0.1) is 0 Å². The minimum Gasteiger partial charge on any atom is -0.435 e. The highest BCUT2D eigenvalue weighted by Gasteiger charge is 2.42. The van der Waals surface area contributed by atoms with Crippen molar-refractivity contribution in [3.05, 3.63) is 41.7 Å². The summed E-state index contributed by atoms with van der Waals surface area (Å²) in [5, 5.41) is 5.36. The zero-order valence-electron chi connectivity index (χ0n) is 17.9. The molecule has 2 amide bonds. The van der Waals surface area contributed by atoms with Crippen LogP contribution in [0, 0.1) is 6.92 Å². The molecule has 0 spiro atoms. The summed E-state index contributed by atoms with van der Waals surface area (Å²) in [7, 11) is 0. The number of piperidine rings is 1. The largest absolute Gasteiger partial charge is 0.435 e. The van der Waals surface area contributed by atoms with Crippen molar-refractivity contribution in [2.75, 3.05) is 18.4 Å². The topological polar surface area (TPSA) is 96.5 Å². The van der Waals surface area contributed by atoms with Gasteiger partial charge in [0.05, 0.1) is 6.54 Å². The van der Waals surface area contributed by atoms with E-state index in [9.17, 15) is 27.2 Å². The molecule has 178 valence electrons. The van der Waals surface area contributed by atoms with Crippen LogP contribution in [0.15, 0.2) is 30.5 Å². The van der Waals surface area contributed by atoms with E-state index in [2.05, 4.69) is 25.3 Å². The number of halogens is 4. The first-order valence-electron chi connectivity index (χ1n) is 10.1. The van der Waals surface area contributed by atoms with E-state index in [1.807, 2.05) is 0 Å². The number of aromatic nitrogens is 2. The van der Waals surface area contributed by atoms with E-state index >= 15 is 0 Å². The van der Waals surface area contributed by atoms with Crippen LogP contribution in [-0.4, -0.2) is 58.3 Å². The van der Waals surface area contributed by atoms with Gasteiger partial charge in [-0.25, -0.2) is 18.7 Å². The summed E-state index contributed by atoms with van der Waals surface area (Å²) in [6, 6.07) is 4.98. The number of likely N-dealkylation sites (tertiary alicyclic amines) is 1. The van der Waals surface area contributed by atoms with E-state index in [1.165, 1.54) is 31.3 Å². The maximum atomic E-state index is 14.1. The molecule has 0 bridgehead atoms. The number of aryl methyl sites for hydroxylation is 1. The number of nitrogens with one attached hydrogen (secondary N) is 2. The molecule has 33 heavy (non-hydrogen) atoms. The Morgan fingerprint density at radius 3 is 2.73 bits per heavy atom. The van der Waals surface area contributed by atoms with Crippen molar-refractivity contribution in [3.8, 4) is 5.75 Å². The lowest BCUT2D eigenvalue weighted by Gasteiger charge is -2.39. The number of rotatable bonds is 7. The Kier molecular flexibility index (Phi) is 7.34. The van der Waals surface area contributed by atoms with Gasteiger partial charge in [-0.2, -0.15) is 8.78 Å². The zero-order chi connectivity index (χ0) is 24.2. The number of carbonyl (C=O) groups excluding carboxylic acids is 2. The van der Waals surface area contributed by atoms with Gasteiger partial charge >= 0.3 is 6.61 Å². The molecule has 0 radical (unpaired) electrons. The predicted molar refractivity (Wildman–Crippen MR) is 111 cm³/mol. The van der Waals surface area contributed by atoms with Crippen LogP contribution in [0.25, 0.3) is 0 Å². The first-order valence-corrected chi connectivity index (χ1v) is 10.1. The first-order chi connectivity index (χ1) is 15.5. The Hall–Kier alpha value is -3.44. The summed E-state index contributed by atoms with van der Waals surface area (Å²) in [5.41, 5.74) is 0.408. The van der Waals surface area contributed by atoms with Crippen LogP contribution in [0.3, 0.4) is 0 Å². The van der Waals surface area contributed by atoms with Gasteiger partial charge in [0.1, 0.15) is 23.1 Å². The van der Waals surface area contributed by atoms with Gasteiger partial charge in [0, 0.05) is 38.2 Å². The Bertz CT molecular complexity index is 1020. The van der Waals surface area contributed by atoms with Gasteiger partial charge in [-0.3, -0.25) is 9.59 Å². The number of hydrogen-bond donors (Lipinski definition) is 2. The second-order valence-corrected chi connectivity index (χ2v) is 7.66. The molecule has 1 saturated heterocycles. The molecule has 12 heteroatoms. The van der Waals surface area contributed by atoms with E-state index in [0.29, 0.717) is 5.56 Å². The molecule has 1 aliphatic rings. The molecular formula is C21H23F4N5O3. The van der Waals surface area contributed by atoms with E-state index in [-0.39, 0.29) is 42.0 Å². The zero-order valence-corrected chi connectivity index (χ0v) is 17.9. The summed E-state index contributed by atoms with van der Waals surface area (Å²) in [6.07, 6.45) is 0.886. The molecule has 1 aliphatic heterocycles. The number of amides is 2. The molecular weight excluding hydrogens is 446 g/mol. The van der Waals surface area contributed by atoms with Gasteiger partial charge in [0.2, 0.25) is 5.91 Å². The first kappa shape index (κ1) is 24.2. The fourth-order valence-corrected chi connectivity index (χ4v) is 3.44. The second-order valence-electron chi connectivity index (χ2n) is 7.66. The minimum absolute atomic E-state index is 0.0247. The van der Waals surface area contributed by atoms with Crippen LogP contribution in [0.2, 0.25) is 0 Å². The summed E-state index contributed by atoms with van der Waals surface area (Å²) in [4.78, 5) is 33.8. The Morgan fingerprint density at radius 1 is 1.27 bits per heavy atom. The van der Waals surface area contributed by atoms with Crippen molar-refractivity contribution in [2.45, 2.75) is 45.3 Å². The Labute approximate surface area is 187 Å². The third-order valence-corrected chi connectivity index (χ3v) is 5.05. The lowest BCUT2D eigenvalue weighted by Crippen LogP contribution is -2.55. The van der Waals surface area contributed by atoms with Crippen LogP contribution >= 0.6 is 0 Å². The average Bonchev–Trinajstić information content (AvgIpc) is 2.73. The highest BCUT2D eigenvalue weighted by molar-refractivity contribution is 5.94. The molecule has 0 aromatic carbocycles. The molecule has 8 nitrogen and oxygen atoms in total.